The molecule has 0 aromatic rings. The minimum atomic E-state index is -0.202. The van der Waals surface area contributed by atoms with E-state index in [0.717, 1.165) is 17.8 Å². The molecule has 0 aliphatic rings. The van der Waals surface area contributed by atoms with Gasteiger partial charge in [0.1, 0.15) is 0 Å². The fourth-order valence-corrected chi connectivity index (χ4v) is 7.80. The van der Waals surface area contributed by atoms with Crippen LogP contribution in [0.3, 0.4) is 0 Å². The summed E-state index contributed by atoms with van der Waals surface area (Å²) in [5.41, 5.74) is 0. The summed E-state index contributed by atoms with van der Waals surface area (Å²) < 4.78 is 0. The van der Waals surface area contributed by atoms with E-state index in [2.05, 4.69) is 41.5 Å². The van der Waals surface area contributed by atoms with Gasteiger partial charge in [0.05, 0.1) is 0 Å². The van der Waals surface area contributed by atoms with Gasteiger partial charge in [0.2, 0.25) is 0 Å². The van der Waals surface area contributed by atoms with E-state index in [1.54, 1.807) is 14.7 Å². The Bertz CT molecular complexity index is 220. The van der Waals surface area contributed by atoms with Gasteiger partial charge in [-0.15, -0.1) is 0 Å². The summed E-state index contributed by atoms with van der Waals surface area (Å²) in [5.74, 6) is 2.69. The summed E-state index contributed by atoms with van der Waals surface area (Å²) >= 11 is -0.202. The predicted octanol–water partition coefficient (Wildman–Crippen LogP) is 9.67. The first kappa shape index (κ1) is 28.8. The molecule has 0 rings (SSSR count). The van der Waals surface area contributed by atoms with Gasteiger partial charge in [-0.05, 0) is 0 Å². The van der Waals surface area contributed by atoms with Crippen LogP contribution >= 0.6 is 0 Å². The van der Waals surface area contributed by atoms with Crippen molar-refractivity contribution < 1.29 is 16.8 Å². The molecule has 0 saturated carbocycles. The molecule has 0 fully saturated rings. The third-order valence-electron chi connectivity index (χ3n) is 4.85. The second kappa shape index (κ2) is 20.4. The monoisotopic (exact) mass is 462 g/mol. The molecule has 0 saturated heterocycles. The summed E-state index contributed by atoms with van der Waals surface area (Å²) in [6, 6.07) is 0. The summed E-state index contributed by atoms with van der Waals surface area (Å²) in [6.45, 7) is 14.2. The molecule has 26 heavy (non-hydrogen) atoms. The molecule has 2 heteroatoms. The minimum absolute atomic E-state index is 0. The molecule has 0 heterocycles. The van der Waals surface area contributed by atoms with E-state index in [4.69, 9.17) is 0 Å². The number of hydrogen-bond donors (Lipinski definition) is 1. The molecule has 0 unspecified atom stereocenters. The van der Waals surface area contributed by atoms with Gasteiger partial charge in [-0.2, -0.15) is 0 Å². The first-order chi connectivity index (χ1) is 11.9. The van der Waals surface area contributed by atoms with E-state index in [0.29, 0.717) is 0 Å². The van der Waals surface area contributed by atoms with Crippen LogP contribution in [-0.4, -0.2) is 0 Å². The number of hydrogen-bond acceptors (Lipinski definition) is 1. The van der Waals surface area contributed by atoms with Crippen LogP contribution in [0.15, 0.2) is 0 Å². The molecule has 0 aromatic heterocycles. The van der Waals surface area contributed by atoms with Gasteiger partial charge in [0.25, 0.3) is 0 Å². The quantitative estimate of drug-likeness (QED) is 0.159. The van der Waals surface area contributed by atoms with E-state index < -0.39 is 0 Å². The molecule has 0 amide bonds. The zero-order valence-corrected chi connectivity index (χ0v) is 20.9. The molecule has 0 bridgehead atoms. The minimum Gasteiger partial charge on any atom is -0.344 e. The van der Waals surface area contributed by atoms with Crippen molar-refractivity contribution in [3.05, 3.63) is 0 Å². The van der Waals surface area contributed by atoms with E-state index in [1.165, 1.54) is 77.0 Å². The van der Waals surface area contributed by atoms with Gasteiger partial charge in [-0.1, -0.05) is 0 Å². The Kier molecular flexibility index (Phi) is 22.6. The molecule has 0 spiro atoms. The average Bonchev–Trinajstić information content (AvgIpc) is 2.52. The molecular formula is C24H54NPd. The van der Waals surface area contributed by atoms with E-state index in [9.17, 15) is 0 Å². The van der Waals surface area contributed by atoms with E-state index in [1.807, 2.05) is 0 Å². The van der Waals surface area contributed by atoms with Gasteiger partial charge in [0.15, 0.2) is 0 Å². The van der Waals surface area contributed by atoms with Crippen molar-refractivity contribution in [2.24, 2.45) is 17.8 Å². The van der Waals surface area contributed by atoms with Crippen LogP contribution in [0.4, 0.5) is 0 Å². The topological polar surface area (TPSA) is 35.0 Å². The summed E-state index contributed by atoms with van der Waals surface area (Å²) in [5, 5.41) is 0. The zero-order chi connectivity index (χ0) is 18.9. The molecule has 0 aromatic carbocycles. The van der Waals surface area contributed by atoms with E-state index >= 15 is 0 Å². The summed E-state index contributed by atoms with van der Waals surface area (Å²) in [7, 11) is 0. The fourth-order valence-electron chi connectivity index (χ4n) is 3.14. The maximum atomic E-state index is 2.37. The van der Waals surface area contributed by atoms with Crippen molar-refractivity contribution in [1.82, 2.24) is 6.15 Å². The number of rotatable bonds is 18. The normalized spacial score (nSPS) is 12.1. The second-order valence-corrected chi connectivity index (χ2v) is 13.8. The molecule has 0 aliphatic heterocycles. The Morgan fingerprint density at radius 1 is 0.423 bits per heavy atom. The molecule has 0 aliphatic carbocycles. The van der Waals surface area contributed by atoms with Crippen molar-refractivity contribution in [3.8, 4) is 0 Å². The van der Waals surface area contributed by atoms with Gasteiger partial charge in [-0.3, -0.25) is 0 Å². The summed E-state index contributed by atoms with van der Waals surface area (Å²) in [6.07, 6.45) is 17.8. The van der Waals surface area contributed by atoms with Crippen LogP contribution in [0.25, 0.3) is 0 Å². The number of unbranched alkanes of at least 4 members (excludes halogenated alkanes) is 6. The molecular weight excluding hydrogens is 409 g/mol. The third kappa shape index (κ3) is 22.7. The molecule has 3 N–H and O–H groups in total. The second-order valence-electron chi connectivity index (χ2n) is 9.18. The molecule has 0 radical (unpaired) electrons. The van der Waals surface area contributed by atoms with Crippen molar-refractivity contribution in [3.63, 3.8) is 0 Å². The zero-order valence-electron chi connectivity index (χ0n) is 19.4. The molecule has 0 atom stereocenters. The fraction of sp³-hybridized carbons (Fsp3) is 1.00. The Morgan fingerprint density at radius 3 is 0.923 bits per heavy atom. The Morgan fingerprint density at radius 2 is 0.692 bits per heavy atom. The van der Waals surface area contributed by atoms with Gasteiger partial charge < -0.3 is 6.15 Å². The van der Waals surface area contributed by atoms with Crippen molar-refractivity contribution in [2.45, 2.75) is 133 Å². The van der Waals surface area contributed by atoms with Gasteiger partial charge in [0, 0.05) is 0 Å². The first-order valence-electron chi connectivity index (χ1n) is 11.4. The molecule has 165 valence electrons. The smallest absolute Gasteiger partial charge is 0.344 e. The van der Waals surface area contributed by atoms with Crippen LogP contribution in [0.5, 0.6) is 0 Å². The SMILES string of the molecule is CC(C)CCCC[CH2][Pd]([CH2]CCCCC(C)C)[CH2]CCCCC(C)C.N. The van der Waals surface area contributed by atoms with Crippen LogP contribution in [0.1, 0.15) is 119 Å². The largest absolute Gasteiger partial charge is 0.344 e. The van der Waals surface area contributed by atoms with Crippen LogP contribution in [0.2, 0.25) is 14.7 Å². The first-order valence-corrected chi connectivity index (χ1v) is 14.7. The van der Waals surface area contributed by atoms with Crippen molar-refractivity contribution in [2.75, 3.05) is 0 Å². The standard InChI is InChI=1S/3C8H17.H3N.Pd/c3*1-4-5-6-7-8(2)3;;/h3*8H,1,4-7H2,2-3H3;1H3;. The van der Waals surface area contributed by atoms with E-state index in [-0.39, 0.29) is 22.9 Å². The maximum Gasteiger partial charge on any atom is -0.344 e. The van der Waals surface area contributed by atoms with Crippen molar-refractivity contribution in [1.29, 1.82) is 0 Å². The Balaban J connectivity index is 0. The van der Waals surface area contributed by atoms with Gasteiger partial charge in [-0.25, -0.2) is 0 Å². The van der Waals surface area contributed by atoms with Crippen molar-refractivity contribution >= 4 is 0 Å². The third-order valence-corrected chi connectivity index (χ3v) is 9.80. The average molecular weight is 463 g/mol. The van der Waals surface area contributed by atoms with Crippen LogP contribution in [-0.2, 0) is 16.8 Å². The van der Waals surface area contributed by atoms with Crippen LogP contribution in [0, 0.1) is 17.8 Å². The molecule has 1 nitrogen and oxygen atoms in total. The Hall–Kier alpha value is 0.622. The Labute approximate surface area is 173 Å². The predicted molar refractivity (Wildman–Crippen MR) is 119 cm³/mol. The summed E-state index contributed by atoms with van der Waals surface area (Å²) in [4.78, 5) is 4.87. The van der Waals surface area contributed by atoms with Crippen LogP contribution < -0.4 is 6.15 Å². The maximum absolute atomic E-state index is 2.37. The van der Waals surface area contributed by atoms with Gasteiger partial charge >= 0.3 is 168 Å².